The average Bonchev–Trinajstić information content (AvgIpc) is 2.68. The zero-order valence-electron chi connectivity index (χ0n) is 10.5. The lowest BCUT2D eigenvalue weighted by Gasteiger charge is -2.26. The monoisotopic (exact) mass is 243 g/mol. The Morgan fingerprint density at radius 3 is 3.06 bits per heavy atom. The molecule has 4 heteroatoms. The number of benzene rings is 1. The standard InChI is InChI=1S/C14H17N3O/c1-10-8-14(15)16-17(10)9-13-12-5-3-2-4-11(12)6-7-18-13/h2-5,8,13H,6-7,9H2,1H3,(H2,15,16). The number of aromatic nitrogens is 2. The summed E-state index contributed by atoms with van der Waals surface area (Å²) in [5.74, 6) is 0.566. The van der Waals surface area contributed by atoms with Crippen molar-refractivity contribution in [1.82, 2.24) is 9.78 Å². The summed E-state index contributed by atoms with van der Waals surface area (Å²) >= 11 is 0. The van der Waals surface area contributed by atoms with Crippen molar-refractivity contribution in [3.8, 4) is 0 Å². The Morgan fingerprint density at radius 1 is 1.44 bits per heavy atom. The van der Waals surface area contributed by atoms with Crippen LogP contribution in [0, 0.1) is 6.92 Å². The van der Waals surface area contributed by atoms with Crippen LogP contribution in [0.3, 0.4) is 0 Å². The second-order valence-corrected chi connectivity index (χ2v) is 4.70. The highest BCUT2D eigenvalue weighted by molar-refractivity contribution is 5.32. The average molecular weight is 243 g/mol. The van der Waals surface area contributed by atoms with E-state index in [-0.39, 0.29) is 6.10 Å². The molecule has 2 aromatic rings. The highest BCUT2D eigenvalue weighted by Gasteiger charge is 2.21. The second-order valence-electron chi connectivity index (χ2n) is 4.70. The Kier molecular flexibility index (Phi) is 2.80. The lowest BCUT2D eigenvalue weighted by Crippen LogP contribution is -2.21. The maximum atomic E-state index is 5.87. The van der Waals surface area contributed by atoms with Gasteiger partial charge in [0.25, 0.3) is 0 Å². The van der Waals surface area contributed by atoms with E-state index >= 15 is 0 Å². The third kappa shape index (κ3) is 1.99. The van der Waals surface area contributed by atoms with Crippen LogP contribution in [0.1, 0.15) is 22.9 Å². The first-order valence-corrected chi connectivity index (χ1v) is 6.23. The number of anilines is 1. The van der Waals surface area contributed by atoms with Crippen LogP contribution in [0.15, 0.2) is 30.3 Å². The maximum Gasteiger partial charge on any atom is 0.145 e. The molecule has 1 aromatic carbocycles. The Hall–Kier alpha value is -1.81. The summed E-state index contributed by atoms with van der Waals surface area (Å²) in [6.07, 6.45) is 1.07. The first kappa shape index (κ1) is 11.3. The van der Waals surface area contributed by atoms with Gasteiger partial charge in [-0.2, -0.15) is 5.10 Å². The molecule has 1 atom stereocenters. The van der Waals surface area contributed by atoms with Gasteiger partial charge >= 0.3 is 0 Å². The molecule has 94 valence electrons. The Balaban J connectivity index is 1.88. The summed E-state index contributed by atoms with van der Waals surface area (Å²) in [4.78, 5) is 0. The molecule has 0 aliphatic carbocycles. The van der Waals surface area contributed by atoms with Crippen molar-refractivity contribution in [3.05, 3.63) is 47.2 Å². The Labute approximate surface area is 106 Å². The van der Waals surface area contributed by atoms with Crippen molar-refractivity contribution in [3.63, 3.8) is 0 Å². The van der Waals surface area contributed by atoms with E-state index in [0.29, 0.717) is 5.82 Å². The molecule has 2 heterocycles. The summed E-state index contributed by atoms with van der Waals surface area (Å²) in [5, 5.41) is 4.29. The summed E-state index contributed by atoms with van der Waals surface area (Å²) in [7, 11) is 0. The molecule has 18 heavy (non-hydrogen) atoms. The fraction of sp³-hybridized carbons (Fsp3) is 0.357. The minimum Gasteiger partial charge on any atom is -0.382 e. The van der Waals surface area contributed by atoms with Gasteiger partial charge in [-0.05, 0) is 24.5 Å². The maximum absolute atomic E-state index is 5.87. The van der Waals surface area contributed by atoms with Gasteiger partial charge in [0.1, 0.15) is 11.9 Å². The number of rotatable bonds is 2. The normalized spacial score (nSPS) is 18.6. The fourth-order valence-corrected chi connectivity index (χ4v) is 2.51. The van der Waals surface area contributed by atoms with Gasteiger partial charge in [-0.1, -0.05) is 24.3 Å². The third-order valence-corrected chi connectivity index (χ3v) is 3.43. The van der Waals surface area contributed by atoms with Gasteiger partial charge in [0.15, 0.2) is 0 Å². The van der Waals surface area contributed by atoms with Gasteiger partial charge < -0.3 is 10.5 Å². The number of hydrogen-bond acceptors (Lipinski definition) is 3. The molecule has 0 amide bonds. The third-order valence-electron chi connectivity index (χ3n) is 3.43. The highest BCUT2D eigenvalue weighted by Crippen LogP contribution is 2.28. The summed E-state index contributed by atoms with van der Waals surface area (Å²) in [6.45, 7) is 3.51. The van der Waals surface area contributed by atoms with E-state index < -0.39 is 0 Å². The molecule has 1 aliphatic rings. The molecule has 0 bridgehead atoms. The molecular weight excluding hydrogens is 226 g/mol. The van der Waals surface area contributed by atoms with Crippen molar-refractivity contribution >= 4 is 5.82 Å². The molecule has 1 unspecified atom stereocenters. The van der Waals surface area contributed by atoms with Crippen molar-refractivity contribution in [2.75, 3.05) is 12.3 Å². The minimum atomic E-state index is 0.0768. The molecule has 2 N–H and O–H groups in total. The van der Waals surface area contributed by atoms with Crippen LogP contribution >= 0.6 is 0 Å². The van der Waals surface area contributed by atoms with E-state index in [1.807, 2.05) is 17.7 Å². The van der Waals surface area contributed by atoms with E-state index in [9.17, 15) is 0 Å². The van der Waals surface area contributed by atoms with Crippen molar-refractivity contribution in [1.29, 1.82) is 0 Å². The van der Waals surface area contributed by atoms with Crippen LogP contribution in [0.25, 0.3) is 0 Å². The number of hydrogen-bond donors (Lipinski definition) is 1. The van der Waals surface area contributed by atoms with Crippen LogP contribution in [0.2, 0.25) is 0 Å². The van der Waals surface area contributed by atoms with E-state index in [4.69, 9.17) is 10.5 Å². The second kappa shape index (κ2) is 4.46. The smallest absolute Gasteiger partial charge is 0.145 e. The summed E-state index contributed by atoms with van der Waals surface area (Å²) in [6, 6.07) is 10.3. The molecule has 0 saturated heterocycles. The number of nitrogen functional groups attached to an aromatic ring is 1. The van der Waals surface area contributed by atoms with Gasteiger partial charge in [0, 0.05) is 11.8 Å². The summed E-state index contributed by atoms with van der Waals surface area (Å²) < 4.78 is 7.79. The van der Waals surface area contributed by atoms with Gasteiger partial charge in [-0.15, -0.1) is 0 Å². The van der Waals surface area contributed by atoms with Crippen molar-refractivity contribution in [2.45, 2.75) is 26.0 Å². The highest BCUT2D eigenvalue weighted by atomic mass is 16.5. The topological polar surface area (TPSA) is 53.1 Å². The van der Waals surface area contributed by atoms with E-state index in [1.54, 1.807) is 0 Å². The predicted octanol–water partition coefficient (Wildman–Crippen LogP) is 2.09. The number of fused-ring (bicyclic) bond motifs is 1. The van der Waals surface area contributed by atoms with Crippen LogP contribution in [0.5, 0.6) is 0 Å². The van der Waals surface area contributed by atoms with Gasteiger partial charge in [0.05, 0.1) is 13.2 Å². The van der Waals surface area contributed by atoms with Crippen molar-refractivity contribution < 1.29 is 4.74 Å². The van der Waals surface area contributed by atoms with Gasteiger partial charge in [-0.25, -0.2) is 0 Å². The molecule has 4 nitrogen and oxygen atoms in total. The number of aryl methyl sites for hydroxylation is 1. The first-order valence-electron chi connectivity index (χ1n) is 6.23. The van der Waals surface area contributed by atoms with Crippen LogP contribution in [-0.4, -0.2) is 16.4 Å². The molecule has 0 saturated carbocycles. The number of nitrogens with two attached hydrogens (primary N) is 1. The van der Waals surface area contributed by atoms with E-state index in [0.717, 1.165) is 25.3 Å². The van der Waals surface area contributed by atoms with Crippen LogP contribution < -0.4 is 5.73 Å². The zero-order valence-corrected chi connectivity index (χ0v) is 10.5. The largest absolute Gasteiger partial charge is 0.382 e. The molecule has 0 spiro atoms. The van der Waals surface area contributed by atoms with Crippen LogP contribution in [-0.2, 0) is 17.7 Å². The summed E-state index contributed by atoms with van der Waals surface area (Å²) in [5.41, 5.74) is 9.43. The van der Waals surface area contributed by atoms with Crippen molar-refractivity contribution in [2.24, 2.45) is 0 Å². The minimum absolute atomic E-state index is 0.0768. The number of ether oxygens (including phenoxy) is 1. The number of nitrogens with zero attached hydrogens (tertiary/aromatic N) is 2. The van der Waals surface area contributed by atoms with Gasteiger partial charge in [-0.3, -0.25) is 4.68 Å². The molecule has 0 fully saturated rings. The molecular formula is C14H17N3O. The van der Waals surface area contributed by atoms with E-state index in [1.165, 1.54) is 11.1 Å². The lowest BCUT2D eigenvalue weighted by atomic mass is 9.97. The zero-order chi connectivity index (χ0) is 12.5. The molecule has 1 aliphatic heterocycles. The van der Waals surface area contributed by atoms with Crippen LogP contribution in [0.4, 0.5) is 5.82 Å². The Bertz CT molecular complexity index is 562. The predicted molar refractivity (Wildman–Crippen MR) is 70.2 cm³/mol. The molecule has 1 aromatic heterocycles. The SMILES string of the molecule is Cc1cc(N)nn1CC1OCCc2ccccc21. The Morgan fingerprint density at radius 2 is 2.28 bits per heavy atom. The molecule has 0 radical (unpaired) electrons. The van der Waals surface area contributed by atoms with E-state index in [2.05, 4.69) is 29.4 Å². The quantitative estimate of drug-likeness (QED) is 0.878. The molecule has 3 rings (SSSR count). The lowest BCUT2D eigenvalue weighted by molar-refractivity contribution is 0.0279. The fourth-order valence-electron chi connectivity index (χ4n) is 2.51. The van der Waals surface area contributed by atoms with Gasteiger partial charge in [0.2, 0.25) is 0 Å². The first-order chi connectivity index (χ1) is 8.74.